The molecule has 1 aliphatic heterocycles. The molecular weight excluding hydrogens is 323 g/mol. The Morgan fingerprint density at radius 3 is 2.45 bits per heavy atom. The molecule has 0 bridgehead atoms. The molecule has 1 saturated heterocycles. The lowest BCUT2D eigenvalue weighted by atomic mass is 10.4. The summed E-state index contributed by atoms with van der Waals surface area (Å²) in [6.45, 7) is -0.290. The van der Waals surface area contributed by atoms with Gasteiger partial charge < -0.3 is 0 Å². The van der Waals surface area contributed by atoms with Gasteiger partial charge in [0, 0.05) is 36.8 Å². The quantitative estimate of drug-likeness (QED) is 0.761. The normalized spacial score (nSPS) is 20.8. The van der Waals surface area contributed by atoms with Crippen molar-refractivity contribution in [3.8, 4) is 0 Å². The van der Waals surface area contributed by atoms with Gasteiger partial charge in [0.05, 0.1) is 0 Å². The van der Waals surface area contributed by atoms with E-state index in [9.17, 15) is 26.4 Å². The van der Waals surface area contributed by atoms with Gasteiger partial charge in [0.25, 0.3) is 0 Å². The minimum Gasteiger partial charge on any atom is -0.296 e. The van der Waals surface area contributed by atoms with E-state index in [1.54, 1.807) is 0 Å². The molecule has 0 spiro atoms. The molecular formula is C9H9ClF3N3O3S. The lowest BCUT2D eigenvalue weighted by Crippen LogP contribution is -2.28. The molecule has 112 valence electrons. The number of aromatic nitrogens is 2. The van der Waals surface area contributed by atoms with Crippen LogP contribution in [-0.2, 0) is 27.1 Å². The first-order valence-electron chi connectivity index (χ1n) is 5.35. The second-order valence-electron chi connectivity index (χ2n) is 4.32. The van der Waals surface area contributed by atoms with E-state index >= 15 is 0 Å². The van der Waals surface area contributed by atoms with Crippen LogP contribution in [0.1, 0.15) is 12.1 Å². The minimum atomic E-state index is -4.64. The van der Waals surface area contributed by atoms with Gasteiger partial charge in [-0.25, -0.2) is 8.42 Å². The van der Waals surface area contributed by atoms with Gasteiger partial charge in [-0.05, 0) is 0 Å². The van der Waals surface area contributed by atoms with Crippen molar-refractivity contribution in [2.75, 3.05) is 11.4 Å². The molecule has 0 N–H and O–H groups in total. The number of aryl methyl sites for hydroxylation is 1. The van der Waals surface area contributed by atoms with Crippen molar-refractivity contribution >= 4 is 31.5 Å². The van der Waals surface area contributed by atoms with E-state index in [-0.39, 0.29) is 18.8 Å². The lowest BCUT2D eigenvalue weighted by Gasteiger charge is -2.15. The topological polar surface area (TPSA) is 72.3 Å². The van der Waals surface area contributed by atoms with Crippen LogP contribution in [0.15, 0.2) is 6.07 Å². The standard InChI is InChI=1S/C9H9ClF3N3O3S/c1-15-7(3-6(14-15)9(11,12)13)16-4-5(2-8(16)17)20(10,18)19/h3,5H,2,4H2,1H3. The molecule has 1 aliphatic rings. The average Bonchev–Trinajstić information content (AvgIpc) is 2.80. The highest BCUT2D eigenvalue weighted by atomic mass is 35.7. The number of hydrogen-bond donors (Lipinski definition) is 0. The summed E-state index contributed by atoms with van der Waals surface area (Å²) >= 11 is 0. The number of nitrogens with zero attached hydrogens (tertiary/aromatic N) is 3. The molecule has 6 nitrogen and oxygen atoms in total. The summed E-state index contributed by atoms with van der Waals surface area (Å²) in [5.74, 6) is -0.735. The minimum absolute atomic E-state index is 0.120. The number of hydrogen-bond acceptors (Lipinski definition) is 4. The molecule has 2 rings (SSSR count). The molecule has 1 fully saturated rings. The Hall–Kier alpha value is -1.29. The zero-order valence-corrected chi connectivity index (χ0v) is 11.6. The Bertz CT molecular complexity index is 655. The zero-order chi connectivity index (χ0) is 15.3. The van der Waals surface area contributed by atoms with Crippen LogP contribution in [0, 0.1) is 0 Å². The third-order valence-electron chi connectivity index (χ3n) is 2.91. The molecule has 1 aromatic heterocycles. The smallest absolute Gasteiger partial charge is 0.296 e. The Morgan fingerprint density at radius 1 is 1.45 bits per heavy atom. The average molecular weight is 332 g/mol. The van der Waals surface area contributed by atoms with Gasteiger partial charge in [0.2, 0.25) is 15.0 Å². The fraction of sp³-hybridized carbons (Fsp3) is 0.556. The monoisotopic (exact) mass is 331 g/mol. The maximum atomic E-state index is 12.5. The van der Waals surface area contributed by atoms with Crippen molar-refractivity contribution in [3.05, 3.63) is 11.8 Å². The number of alkyl halides is 3. The Labute approximate surface area is 116 Å². The first-order chi connectivity index (χ1) is 9.00. The van der Waals surface area contributed by atoms with Crippen LogP contribution in [0.2, 0.25) is 0 Å². The van der Waals surface area contributed by atoms with Crippen LogP contribution in [0.5, 0.6) is 0 Å². The van der Waals surface area contributed by atoms with Crippen molar-refractivity contribution in [2.45, 2.75) is 17.8 Å². The highest BCUT2D eigenvalue weighted by molar-refractivity contribution is 8.14. The van der Waals surface area contributed by atoms with Crippen LogP contribution in [0.25, 0.3) is 0 Å². The predicted octanol–water partition coefficient (Wildman–Crippen LogP) is 1.11. The molecule has 1 amide bonds. The van der Waals surface area contributed by atoms with E-state index in [1.165, 1.54) is 7.05 Å². The van der Waals surface area contributed by atoms with E-state index in [4.69, 9.17) is 10.7 Å². The number of anilines is 1. The van der Waals surface area contributed by atoms with Crippen LogP contribution in [0.3, 0.4) is 0 Å². The van der Waals surface area contributed by atoms with Gasteiger partial charge in [-0.3, -0.25) is 14.4 Å². The summed E-state index contributed by atoms with van der Waals surface area (Å²) in [6, 6.07) is 0.696. The summed E-state index contributed by atoms with van der Waals surface area (Å²) in [5, 5.41) is 2.13. The second kappa shape index (κ2) is 4.62. The van der Waals surface area contributed by atoms with Crippen LogP contribution >= 0.6 is 10.7 Å². The summed E-state index contributed by atoms with van der Waals surface area (Å²) in [4.78, 5) is 12.7. The van der Waals surface area contributed by atoms with E-state index in [0.717, 1.165) is 9.58 Å². The largest absolute Gasteiger partial charge is 0.435 e. The molecule has 1 unspecified atom stereocenters. The maximum Gasteiger partial charge on any atom is 0.435 e. The Morgan fingerprint density at radius 2 is 2.05 bits per heavy atom. The van der Waals surface area contributed by atoms with Crippen LogP contribution in [-0.4, -0.2) is 35.9 Å². The summed E-state index contributed by atoms with van der Waals surface area (Å²) in [6.07, 6.45) is -5.00. The number of halogens is 4. The molecule has 0 radical (unpaired) electrons. The van der Waals surface area contributed by atoms with Crippen LogP contribution in [0.4, 0.5) is 19.0 Å². The highest BCUT2D eigenvalue weighted by Gasteiger charge is 2.41. The van der Waals surface area contributed by atoms with Crippen molar-refractivity contribution in [3.63, 3.8) is 0 Å². The van der Waals surface area contributed by atoms with Crippen molar-refractivity contribution in [2.24, 2.45) is 7.05 Å². The third-order valence-corrected chi connectivity index (χ3v) is 4.78. The van der Waals surface area contributed by atoms with E-state index in [0.29, 0.717) is 6.07 Å². The van der Waals surface area contributed by atoms with E-state index in [2.05, 4.69) is 5.10 Å². The maximum absolute atomic E-state index is 12.5. The number of amides is 1. The first-order valence-corrected chi connectivity index (χ1v) is 7.72. The SMILES string of the molecule is Cn1nc(C(F)(F)F)cc1N1CC(S(=O)(=O)Cl)CC1=O. The zero-order valence-electron chi connectivity index (χ0n) is 10.1. The van der Waals surface area contributed by atoms with Gasteiger partial charge in [0.15, 0.2) is 5.69 Å². The molecule has 0 aliphatic carbocycles. The van der Waals surface area contributed by atoms with E-state index < -0.39 is 32.1 Å². The van der Waals surface area contributed by atoms with E-state index in [1.807, 2.05) is 0 Å². The fourth-order valence-corrected chi connectivity index (χ4v) is 2.96. The van der Waals surface area contributed by atoms with Crippen molar-refractivity contribution in [1.29, 1.82) is 0 Å². The summed E-state index contributed by atoms with van der Waals surface area (Å²) in [5.41, 5.74) is -1.15. The highest BCUT2D eigenvalue weighted by Crippen LogP contribution is 2.33. The number of rotatable bonds is 2. The second-order valence-corrected chi connectivity index (χ2v) is 7.22. The Balaban J connectivity index is 2.34. The predicted molar refractivity (Wildman–Crippen MR) is 63.7 cm³/mol. The molecule has 20 heavy (non-hydrogen) atoms. The molecule has 1 aromatic rings. The lowest BCUT2D eigenvalue weighted by molar-refractivity contribution is -0.141. The van der Waals surface area contributed by atoms with Gasteiger partial charge in [-0.15, -0.1) is 0 Å². The van der Waals surface area contributed by atoms with Crippen molar-refractivity contribution < 1.29 is 26.4 Å². The fourth-order valence-electron chi connectivity index (χ4n) is 1.93. The molecule has 1 atom stereocenters. The summed E-state index contributed by atoms with van der Waals surface area (Å²) < 4.78 is 60.9. The Kier molecular flexibility index (Phi) is 3.49. The van der Waals surface area contributed by atoms with Crippen LogP contribution < -0.4 is 4.90 Å². The number of carbonyl (C=O) groups is 1. The molecule has 0 aromatic carbocycles. The van der Waals surface area contributed by atoms with Gasteiger partial charge in [0.1, 0.15) is 11.1 Å². The van der Waals surface area contributed by atoms with Gasteiger partial charge in [-0.2, -0.15) is 18.3 Å². The number of carbonyl (C=O) groups excluding carboxylic acids is 1. The third kappa shape index (κ3) is 2.75. The van der Waals surface area contributed by atoms with Crippen molar-refractivity contribution in [1.82, 2.24) is 9.78 Å². The van der Waals surface area contributed by atoms with Gasteiger partial charge >= 0.3 is 6.18 Å². The molecule has 0 saturated carbocycles. The molecule has 2 heterocycles. The first kappa shape index (κ1) is 15.1. The van der Waals surface area contributed by atoms with Gasteiger partial charge in [-0.1, -0.05) is 0 Å². The summed E-state index contributed by atoms with van der Waals surface area (Å²) in [7, 11) is 2.45. The molecule has 11 heteroatoms.